The molecule has 0 spiro atoms. The second kappa shape index (κ2) is 9.11. The third-order valence-corrected chi connectivity index (χ3v) is 4.67. The number of carbonyl (C=O) groups excluding carboxylic acids is 1. The summed E-state index contributed by atoms with van der Waals surface area (Å²) in [5.41, 5.74) is 1.62. The number of likely N-dealkylation sites (tertiary alicyclic amines) is 1. The van der Waals surface area contributed by atoms with Crippen molar-refractivity contribution >= 4 is 12.1 Å². The van der Waals surface area contributed by atoms with Gasteiger partial charge in [-0.1, -0.05) is 6.07 Å². The van der Waals surface area contributed by atoms with Gasteiger partial charge in [-0.15, -0.1) is 0 Å². The molecule has 1 N–H and O–H groups in total. The van der Waals surface area contributed by atoms with Crippen LogP contribution in [0.1, 0.15) is 51.2 Å². The van der Waals surface area contributed by atoms with Crippen LogP contribution in [-0.2, 0) is 16.0 Å². The van der Waals surface area contributed by atoms with Crippen LogP contribution in [0.25, 0.3) is 0 Å². The fourth-order valence-corrected chi connectivity index (χ4v) is 3.10. The Bertz CT molecular complexity index is 657. The molecule has 0 radical (unpaired) electrons. The Labute approximate surface area is 161 Å². The van der Waals surface area contributed by atoms with Crippen LogP contribution in [-0.4, -0.2) is 47.4 Å². The molecule has 6 heteroatoms. The number of rotatable bonds is 6. The number of piperidine rings is 1. The van der Waals surface area contributed by atoms with Crippen LogP contribution in [0.15, 0.2) is 18.2 Å². The highest BCUT2D eigenvalue weighted by atomic mass is 16.6. The van der Waals surface area contributed by atoms with Gasteiger partial charge in [0.15, 0.2) is 0 Å². The largest absolute Gasteiger partial charge is 0.493 e. The van der Waals surface area contributed by atoms with Crippen molar-refractivity contribution in [2.75, 3.05) is 19.7 Å². The van der Waals surface area contributed by atoms with Gasteiger partial charge in [-0.3, -0.25) is 4.79 Å². The molecule has 1 fully saturated rings. The molecule has 1 aromatic rings. The predicted molar refractivity (Wildman–Crippen MR) is 103 cm³/mol. The number of benzene rings is 1. The van der Waals surface area contributed by atoms with Crippen molar-refractivity contribution in [2.24, 2.45) is 5.92 Å². The van der Waals surface area contributed by atoms with Gasteiger partial charge in [0.25, 0.3) is 0 Å². The Morgan fingerprint density at radius 3 is 2.44 bits per heavy atom. The average molecular weight is 377 g/mol. The fraction of sp³-hybridized carbons (Fsp3) is 0.619. The van der Waals surface area contributed by atoms with Crippen LogP contribution in [0.5, 0.6) is 5.75 Å². The third-order valence-electron chi connectivity index (χ3n) is 4.67. The van der Waals surface area contributed by atoms with Crippen molar-refractivity contribution in [1.29, 1.82) is 0 Å². The number of carboxylic acids is 1. The van der Waals surface area contributed by atoms with E-state index < -0.39 is 11.6 Å². The summed E-state index contributed by atoms with van der Waals surface area (Å²) < 4.78 is 11.4. The summed E-state index contributed by atoms with van der Waals surface area (Å²) in [4.78, 5) is 24.6. The Kier molecular flexibility index (Phi) is 7.11. The monoisotopic (exact) mass is 377 g/mol. The molecule has 1 amide bonds. The highest BCUT2D eigenvalue weighted by Crippen LogP contribution is 2.23. The summed E-state index contributed by atoms with van der Waals surface area (Å²) in [5, 5.41) is 8.80. The lowest BCUT2D eigenvalue weighted by Crippen LogP contribution is -2.42. The maximum Gasteiger partial charge on any atom is 0.410 e. The summed E-state index contributed by atoms with van der Waals surface area (Å²) in [7, 11) is 0. The van der Waals surface area contributed by atoms with E-state index in [9.17, 15) is 9.59 Å². The van der Waals surface area contributed by atoms with E-state index in [1.165, 1.54) is 0 Å². The van der Waals surface area contributed by atoms with E-state index in [2.05, 4.69) is 0 Å². The summed E-state index contributed by atoms with van der Waals surface area (Å²) in [6.45, 7) is 9.60. The molecule has 1 saturated heterocycles. The molecule has 6 nitrogen and oxygen atoms in total. The van der Waals surface area contributed by atoms with Crippen LogP contribution in [0.2, 0.25) is 0 Å². The molecule has 2 rings (SSSR count). The maximum atomic E-state index is 12.1. The number of nitrogens with zero attached hydrogens (tertiary/aromatic N) is 1. The molecular weight excluding hydrogens is 346 g/mol. The molecule has 1 aliphatic rings. The normalized spacial score (nSPS) is 15.5. The molecule has 1 aromatic carbocycles. The van der Waals surface area contributed by atoms with Gasteiger partial charge in [0.2, 0.25) is 0 Å². The van der Waals surface area contributed by atoms with E-state index >= 15 is 0 Å². The second-order valence-corrected chi connectivity index (χ2v) is 8.20. The van der Waals surface area contributed by atoms with Gasteiger partial charge in [0, 0.05) is 19.5 Å². The molecule has 0 atom stereocenters. The van der Waals surface area contributed by atoms with E-state index in [-0.39, 0.29) is 12.5 Å². The minimum absolute atomic E-state index is 0.136. The van der Waals surface area contributed by atoms with E-state index in [4.69, 9.17) is 14.6 Å². The van der Waals surface area contributed by atoms with Crippen LogP contribution in [0.4, 0.5) is 4.79 Å². The van der Waals surface area contributed by atoms with Crippen LogP contribution in [0, 0.1) is 12.8 Å². The zero-order valence-corrected chi connectivity index (χ0v) is 16.8. The van der Waals surface area contributed by atoms with Gasteiger partial charge in [-0.05, 0) is 76.1 Å². The highest BCUT2D eigenvalue weighted by Gasteiger charge is 2.27. The van der Waals surface area contributed by atoms with Gasteiger partial charge < -0.3 is 19.5 Å². The topological polar surface area (TPSA) is 76.1 Å². The van der Waals surface area contributed by atoms with Crippen molar-refractivity contribution in [1.82, 2.24) is 4.90 Å². The maximum absolute atomic E-state index is 12.1. The first-order chi connectivity index (χ1) is 12.6. The Morgan fingerprint density at radius 2 is 1.89 bits per heavy atom. The first-order valence-corrected chi connectivity index (χ1v) is 9.56. The molecule has 0 aliphatic carbocycles. The Hall–Kier alpha value is -2.24. The van der Waals surface area contributed by atoms with Gasteiger partial charge in [-0.2, -0.15) is 0 Å². The first-order valence-electron chi connectivity index (χ1n) is 9.56. The zero-order chi connectivity index (χ0) is 20.0. The highest BCUT2D eigenvalue weighted by molar-refractivity contribution is 5.68. The van der Waals surface area contributed by atoms with Gasteiger partial charge in [0.05, 0.1) is 6.61 Å². The van der Waals surface area contributed by atoms with Crippen LogP contribution in [0.3, 0.4) is 0 Å². The quantitative estimate of drug-likeness (QED) is 0.810. The summed E-state index contributed by atoms with van der Waals surface area (Å²) in [6.07, 6.45) is 2.22. The van der Waals surface area contributed by atoms with Crippen LogP contribution < -0.4 is 4.74 Å². The number of hydrogen-bond acceptors (Lipinski definition) is 4. The lowest BCUT2D eigenvalue weighted by molar-refractivity contribution is -0.136. The fourth-order valence-electron chi connectivity index (χ4n) is 3.10. The number of aryl methyl sites for hydroxylation is 2. The van der Waals surface area contributed by atoms with Gasteiger partial charge in [0.1, 0.15) is 11.4 Å². The number of ether oxygens (including phenoxy) is 2. The number of amides is 1. The molecule has 1 aliphatic heterocycles. The third kappa shape index (κ3) is 7.12. The van der Waals surface area contributed by atoms with Gasteiger partial charge in [-0.25, -0.2) is 4.79 Å². The van der Waals surface area contributed by atoms with Crippen LogP contribution >= 0.6 is 0 Å². The number of carboxylic acid groups (broad SMARTS) is 1. The Balaban J connectivity index is 1.77. The summed E-state index contributed by atoms with van der Waals surface area (Å²) in [6, 6.07) is 5.81. The summed E-state index contributed by atoms with van der Waals surface area (Å²) in [5.74, 6) is 0.435. The molecule has 0 saturated carbocycles. The lowest BCUT2D eigenvalue weighted by atomic mass is 9.98. The van der Waals surface area contributed by atoms with Crippen molar-refractivity contribution in [3.63, 3.8) is 0 Å². The molecule has 0 aromatic heterocycles. The van der Waals surface area contributed by atoms with Crippen molar-refractivity contribution in [2.45, 2.75) is 59.0 Å². The molecule has 0 bridgehead atoms. The van der Waals surface area contributed by atoms with Crippen molar-refractivity contribution < 1.29 is 24.2 Å². The van der Waals surface area contributed by atoms with E-state index in [1.54, 1.807) is 4.90 Å². The Morgan fingerprint density at radius 1 is 1.22 bits per heavy atom. The van der Waals surface area contributed by atoms with Gasteiger partial charge >= 0.3 is 12.1 Å². The van der Waals surface area contributed by atoms with E-state index in [0.29, 0.717) is 32.0 Å². The van der Waals surface area contributed by atoms with Crippen molar-refractivity contribution in [3.8, 4) is 5.75 Å². The smallest absolute Gasteiger partial charge is 0.410 e. The molecule has 150 valence electrons. The predicted octanol–water partition coefficient (Wildman–Crippen LogP) is 4.04. The second-order valence-electron chi connectivity index (χ2n) is 8.20. The van der Waals surface area contributed by atoms with E-state index in [1.807, 2.05) is 45.9 Å². The zero-order valence-electron chi connectivity index (χ0n) is 16.8. The minimum Gasteiger partial charge on any atom is -0.493 e. The van der Waals surface area contributed by atoms with E-state index in [0.717, 1.165) is 29.7 Å². The molecule has 1 heterocycles. The van der Waals surface area contributed by atoms with Crippen molar-refractivity contribution in [3.05, 3.63) is 29.3 Å². The SMILES string of the molecule is Cc1cc(OCC2CCN(C(=O)OC(C)(C)C)CC2)ccc1CCC(=O)O. The standard InChI is InChI=1S/C21H31NO5/c1-15-13-18(7-5-17(15)6-8-19(23)24)26-14-16-9-11-22(12-10-16)20(25)27-21(2,3)4/h5,7,13,16H,6,8-12,14H2,1-4H3,(H,23,24). The average Bonchev–Trinajstić information content (AvgIpc) is 2.58. The number of carbonyl (C=O) groups is 2. The minimum atomic E-state index is -0.785. The molecular formula is C21H31NO5. The lowest BCUT2D eigenvalue weighted by Gasteiger charge is -2.33. The number of hydrogen-bond donors (Lipinski definition) is 1. The molecule has 27 heavy (non-hydrogen) atoms. The number of aliphatic carboxylic acids is 1. The molecule has 0 unspecified atom stereocenters. The first kappa shape index (κ1) is 21.1. The summed E-state index contributed by atoms with van der Waals surface area (Å²) >= 11 is 0.